The Morgan fingerprint density at radius 3 is 2.85 bits per heavy atom. The molecule has 74 valence electrons. The minimum Gasteiger partial charge on any atom is -0.355 e. The van der Waals surface area contributed by atoms with Crippen molar-refractivity contribution in [3.63, 3.8) is 0 Å². The van der Waals surface area contributed by atoms with Gasteiger partial charge in [-0.1, -0.05) is 13.3 Å². The van der Waals surface area contributed by atoms with Crippen molar-refractivity contribution in [2.75, 3.05) is 13.1 Å². The lowest BCUT2D eigenvalue weighted by atomic mass is 9.77. The van der Waals surface area contributed by atoms with Crippen LogP contribution in [-0.4, -0.2) is 25.0 Å². The first-order valence-electron chi connectivity index (χ1n) is 5.21. The van der Waals surface area contributed by atoms with Gasteiger partial charge in [0.05, 0.1) is 0 Å². The number of carbonyl (C=O) groups excluding carboxylic acids is 1. The van der Waals surface area contributed by atoms with Crippen molar-refractivity contribution in [3.05, 3.63) is 0 Å². The third kappa shape index (κ3) is 1.70. The summed E-state index contributed by atoms with van der Waals surface area (Å²) in [5, 5.41) is 6.46. The van der Waals surface area contributed by atoms with Crippen molar-refractivity contribution in [1.82, 2.24) is 10.6 Å². The van der Waals surface area contributed by atoms with E-state index in [4.69, 9.17) is 0 Å². The maximum atomic E-state index is 11.2. The van der Waals surface area contributed by atoms with Gasteiger partial charge in [-0.15, -0.1) is 0 Å². The van der Waals surface area contributed by atoms with E-state index in [0.717, 1.165) is 13.1 Å². The predicted molar refractivity (Wildman–Crippen MR) is 51.4 cm³/mol. The van der Waals surface area contributed by atoms with E-state index in [0.29, 0.717) is 12.5 Å². The van der Waals surface area contributed by atoms with E-state index in [1.165, 1.54) is 19.3 Å². The minimum absolute atomic E-state index is 0.164. The Morgan fingerprint density at radius 2 is 2.31 bits per heavy atom. The molecule has 2 aliphatic rings. The molecule has 0 spiro atoms. The van der Waals surface area contributed by atoms with Crippen LogP contribution in [0.2, 0.25) is 0 Å². The third-order valence-corrected chi connectivity index (χ3v) is 3.41. The molecule has 3 heteroatoms. The van der Waals surface area contributed by atoms with Crippen LogP contribution < -0.4 is 10.6 Å². The smallest absolute Gasteiger partial charge is 0.220 e. The molecule has 3 nitrogen and oxygen atoms in total. The van der Waals surface area contributed by atoms with Crippen molar-refractivity contribution >= 4 is 5.91 Å². The number of nitrogens with one attached hydrogen (secondary N) is 2. The van der Waals surface area contributed by atoms with Gasteiger partial charge in [-0.3, -0.25) is 4.79 Å². The number of piperidine rings is 1. The Balaban J connectivity index is 2.01. The highest BCUT2D eigenvalue weighted by Crippen LogP contribution is 2.33. The van der Waals surface area contributed by atoms with E-state index in [1.807, 2.05) is 0 Å². The zero-order valence-electron chi connectivity index (χ0n) is 8.23. The summed E-state index contributed by atoms with van der Waals surface area (Å²) >= 11 is 0. The average Bonchev–Trinajstić information content (AvgIpc) is 2.49. The van der Waals surface area contributed by atoms with Crippen LogP contribution in [0.4, 0.5) is 0 Å². The Morgan fingerprint density at radius 1 is 1.46 bits per heavy atom. The molecule has 2 aliphatic heterocycles. The summed E-state index contributed by atoms with van der Waals surface area (Å²) in [4.78, 5) is 11.2. The molecule has 0 bridgehead atoms. The zero-order chi connectivity index (χ0) is 9.31. The molecule has 2 saturated heterocycles. The topological polar surface area (TPSA) is 41.1 Å². The van der Waals surface area contributed by atoms with Gasteiger partial charge in [0.25, 0.3) is 0 Å². The number of carbonyl (C=O) groups is 1. The largest absolute Gasteiger partial charge is 0.355 e. The number of hydrogen-bond donors (Lipinski definition) is 2. The lowest BCUT2D eigenvalue weighted by Crippen LogP contribution is -2.47. The van der Waals surface area contributed by atoms with Crippen LogP contribution in [0.3, 0.4) is 0 Å². The number of amides is 1. The normalized spacial score (nSPS) is 40.4. The Labute approximate surface area is 79.3 Å². The van der Waals surface area contributed by atoms with Crippen LogP contribution in [0.5, 0.6) is 0 Å². The molecule has 2 rings (SSSR count). The summed E-state index contributed by atoms with van der Waals surface area (Å²) in [5.74, 6) is 0.217. The summed E-state index contributed by atoms with van der Waals surface area (Å²) in [6, 6.07) is 0.542. The fraction of sp³-hybridized carbons (Fsp3) is 0.900. The summed E-state index contributed by atoms with van der Waals surface area (Å²) in [7, 11) is 0. The molecule has 0 aromatic heterocycles. The van der Waals surface area contributed by atoms with E-state index in [9.17, 15) is 4.79 Å². The fourth-order valence-electron chi connectivity index (χ4n) is 2.49. The third-order valence-electron chi connectivity index (χ3n) is 3.41. The first kappa shape index (κ1) is 9.00. The van der Waals surface area contributed by atoms with E-state index in [1.54, 1.807) is 0 Å². The van der Waals surface area contributed by atoms with E-state index >= 15 is 0 Å². The standard InChI is InChI=1S/C10H18N2O/c1-10(6-9(13)12-7-10)8-4-2-3-5-11-8/h8,11H,2-7H2,1H3,(H,12,13)/t8-,10-/m0/s1. The monoisotopic (exact) mass is 182 g/mol. The zero-order valence-corrected chi connectivity index (χ0v) is 8.23. The molecule has 1 amide bonds. The van der Waals surface area contributed by atoms with Crippen molar-refractivity contribution in [1.29, 1.82) is 0 Å². The van der Waals surface area contributed by atoms with E-state index < -0.39 is 0 Å². The van der Waals surface area contributed by atoms with Gasteiger partial charge in [0, 0.05) is 24.4 Å². The van der Waals surface area contributed by atoms with Crippen molar-refractivity contribution in [3.8, 4) is 0 Å². The molecule has 0 aromatic carbocycles. The SMILES string of the molecule is C[C@@]1([C@@H]2CCCCN2)CNC(=O)C1. The van der Waals surface area contributed by atoms with Gasteiger partial charge in [-0.2, -0.15) is 0 Å². The Hall–Kier alpha value is -0.570. The van der Waals surface area contributed by atoms with Gasteiger partial charge in [-0.05, 0) is 19.4 Å². The van der Waals surface area contributed by atoms with Gasteiger partial charge in [0.1, 0.15) is 0 Å². The van der Waals surface area contributed by atoms with Gasteiger partial charge in [-0.25, -0.2) is 0 Å². The van der Waals surface area contributed by atoms with Crippen LogP contribution in [-0.2, 0) is 4.79 Å². The van der Waals surface area contributed by atoms with Gasteiger partial charge in [0.2, 0.25) is 5.91 Å². The molecule has 0 aliphatic carbocycles. The van der Waals surface area contributed by atoms with Gasteiger partial charge < -0.3 is 10.6 Å². The second-order valence-corrected chi connectivity index (χ2v) is 4.61. The second-order valence-electron chi connectivity index (χ2n) is 4.61. The molecule has 0 unspecified atom stereocenters. The maximum absolute atomic E-state index is 11.2. The van der Waals surface area contributed by atoms with Crippen LogP contribution in [0.25, 0.3) is 0 Å². The lowest BCUT2D eigenvalue weighted by molar-refractivity contribution is -0.119. The predicted octanol–water partition coefficient (Wildman–Crippen LogP) is 0.655. The Kier molecular flexibility index (Phi) is 2.28. The highest BCUT2D eigenvalue weighted by atomic mass is 16.1. The lowest BCUT2D eigenvalue weighted by Gasteiger charge is -2.36. The van der Waals surface area contributed by atoms with E-state index in [2.05, 4.69) is 17.6 Å². The van der Waals surface area contributed by atoms with Crippen LogP contribution in [0, 0.1) is 5.41 Å². The molecule has 0 saturated carbocycles. The number of hydrogen-bond acceptors (Lipinski definition) is 2. The van der Waals surface area contributed by atoms with Crippen LogP contribution in [0.1, 0.15) is 32.6 Å². The summed E-state index contributed by atoms with van der Waals surface area (Å²) in [6.45, 7) is 4.19. The molecular formula is C10H18N2O. The van der Waals surface area contributed by atoms with Crippen molar-refractivity contribution in [2.24, 2.45) is 5.41 Å². The van der Waals surface area contributed by atoms with Crippen molar-refractivity contribution in [2.45, 2.75) is 38.6 Å². The molecule has 13 heavy (non-hydrogen) atoms. The molecule has 2 heterocycles. The summed E-state index contributed by atoms with van der Waals surface area (Å²) in [5.41, 5.74) is 0.164. The summed E-state index contributed by atoms with van der Waals surface area (Å²) in [6.07, 6.45) is 4.52. The van der Waals surface area contributed by atoms with E-state index in [-0.39, 0.29) is 11.3 Å². The van der Waals surface area contributed by atoms with Crippen LogP contribution in [0.15, 0.2) is 0 Å². The quantitative estimate of drug-likeness (QED) is 0.625. The van der Waals surface area contributed by atoms with Crippen molar-refractivity contribution < 1.29 is 4.79 Å². The van der Waals surface area contributed by atoms with Gasteiger partial charge >= 0.3 is 0 Å². The molecule has 2 N–H and O–H groups in total. The highest BCUT2D eigenvalue weighted by Gasteiger charge is 2.40. The summed E-state index contributed by atoms with van der Waals surface area (Å²) < 4.78 is 0. The maximum Gasteiger partial charge on any atom is 0.220 e. The van der Waals surface area contributed by atoms with Crippen LogP contribution >= 0.6 is 0 Å². The van der Waals surface area contributed by atoms with Gasteiger partial charge in [0.15, 0.2) is 0 Å². The fourth-order valence-corrected chi connectivity index (χ4v) is 2.49. The molecule has 0 radical (unpaired) electrons. The molecule has 0 aromatic rings. The molecule has 2 atom stereocenters. The number of rotatable bonds is 1. The second kappa shape index (κ2) is 3.29. The average molecular weight is 182 g/mol. The first-order chi connectivity index (χ1) is 6.21. The minimum atomic E-state index is 0.164. The first-order valence-corrected chi connectivity index (χ1v) is 5.21. The Bertz CT molecular complexity index is 211. The molecule has 2 fully saturated rings. The highest BCUT2D eigenvalue weighted by molar-refractivity contribution is 5.79. The molecular weight excluding hydrogens is 164 g/mol.